The van der Waals surface area contributed by atoms with Gasteiger partial charge < -0.3 is 9.96 Å². The minimum atomic E-state index is -1.68. The van der Waals surface area contributed by atoms with Gasteiger partial charge in [0.1, 0.15) is 0 Å². The summed E-state index contributed by atoms with van der Waals surface area (Å²) in [5.74, 6) is 0. The Kier molecular flexibility index (Phi) is 8.10. The fraction of sp³-hybridized carbons (Fsp3) is 0.933. The van der Waals surface area contributed by atoms with Crippen LogP contribution in [-0.2, 0) is 0 Å². The van der Waals surface area contributed by atoms with Crippen LogP contribution in [0.3, 0.4) is 0 Å². The van der Waals surface area contributed by atoms with Crippen LogP contribution < -0.4 is 9.96 Å². The summed E-state index contributed by atoms with van der Waals surface area (Å²) < 4.78 is 0. The first-order valence-electron chi connectivity index (χ1n) is 8.33. The predicted octanol–water partition coefficient (Wildman–Crippen LogP) is 5.08. The van der Waals surface area contributed by atoms with Crippen molar-refractivity contribution in [2.45, 2.75) is 90.6 Å². The third-order valence-electron chi connectivity index (χ3n) is 5.46. The van der Waals surface area contributed by atoms with Crippen LogP contribution in [-0.4, -0.2) is 22.5 Å². The molecule has 2 amide bonds. The van der Waals surface area contributed by atoms with Crippen molar-refractivity contribution in [3.63, 3.8) is 0 Å². The molecule has 0 aliphatic heterocycles. The molecule has 0 saturated heterocycles. The van der Waals surface area contributed by atoms with Crippen LogP contribution in [0.25, 0.3) is 0 Å². The maximum Gasteiger partial charge on any atom is 0.298 e. The van der Waals surface area contributed by atoms with Gasteiger partial charge in [0.05, 0.1) is 0 Å². The molecule has 0 aliphatic carbocycles. The molecule has 20 heavy (non-hydrogen) atoms. The van der Waals surface area contributed by atoms with E-state index in [1.54, 1.807) is 0 Å². The quantitative estimate of drug-likeness (QED) is 0.603. The van der Waals surface area contributed by atoms with Gasteiger partial charge in [-0.3, -0.25) is 4.79 Å². The molecule has 0 aliphatic rings. The second kappa shape index (κ2) is 8.22. The van der Waals surface area contributed by atoms with Crippen LogP contribution >= 0.6 is 0 Å². The van der Waals surface area contributed by atoms with Crippen LogP contribution in [0.4, 0.5) is 4.79 Å². The molecule has 0 aromatic carbocycles. The molecule has 0 heterocycles. The van der Waals surface area contributed by atoms with Gasteiger partial charge in [-0.2, -0.15) is 0 Å². The van der Waals surface area contributed by atoms with Gasteiger partial charge in [-0.15, -0.1) is 0 Å². The van der Waals surface area contributed by atoms with Crippen molar-refractivity contribution < 1.29 is 4.79 Å². The molecule has 0 rings (SSSR count). The van der Waals surface area contributed by atoms with Gasteiger partial charge in [0.25, 0.3) is 6.03 Å². The van der Waals surface area contributed by atoms with Gasteiger partial charge in [-0.25, -0.2) is 0 Å². The number of nitrogens with one attached hydrogen (secondary N) is 2. The fourth-order valence-corrected chi connectivity index (χ4v) is 9.96. The van der Waals surface area contributed by atoms with Crippen LogP contribution in [0, 0.1) is 0 Å². The third kappa shape index (κ3) is 4.35. The summed E-state index contributed by atoms with van der Waals surface area (Å²) in [6.45, 7) is 17.9. The number of carbonyl (C=O) groups is 1. The fourth-order valence-electron chi connectivity index (χ4n) is 3.26. The lowest BCUT2D eigenvalue weighted by atomic mass is 10.6. The summed E-state index contributed by atoms with van der Waals surface area (Å²) in [7, 11) is -3.37. The molecule has 0 atom stereocenters. The van der Waals surface area contributed by atoms with E-state index in [4.69, 9.17) is 0 Å². The van der Waals surface area contributed by atoms with E-state index in [0.29, 0.717) is 11.1 Å². The molecule has 3 nitrogen and oxygen atoms in total. The monoisotopic (exact) mass is 316 g/mol. The lowest BCUT2D eigenvalue weighted by molar-refractivity contribution is 0.249. The normalized spacial score (nSPS) is 12.9. The summed E-state index contributed by atoms with van der Waals surface area (Å²) in [6, 6.07) is 4.57. The van der Waals surface area contributed by atoms with E-state index in [0.717, 1.165) is 24.2 Å². The van der Waals surface area contributed by atoms with E-state index in [1.807, 2.05) is 0 Å². The van der Waals surface area contributed by atoms with E-state index in [1.165, 1.54) is 0 Å². The van der Waals surface area contributed by atoms with Gasteiger partial charge in [0, 0.05) is 0 Å². The predicted molar refractivity (Wildman–Crippen MR) is 95.3 cm³/mol. The van der Waals surface area contributed by atoms with Crippen molar-refractivity contribution in [3.05, 3.63) is 0 Å². The zero-order chi connectivity index (χ0) is 16.0. The number of hydrogen-bond acceptors (Lipinski definition) is 1. The van der Waals surface area contributed by atoms with E-state index in [9.17, 15) is 4.79 Å². The lowest BCUT2D eigenvalue weighted by Gasteiger charge is -2.38. The van der Waals surface area contributed by atoms with Gasteiger partial charge >= 0.3 is 0 Å². The number of rotatable bonds is 8. The lowest BCUT2D eigenvalue weighted by Crippen LogP contribution is -2.63. The Labute approximate surface area is 128 Å². The molecular weight excluding hydrogens is 280 g/mol. The van der Waals surface area contributed by atoms with Gasteiger partial charge in [0.15, 0.2) is 16.5 Å². The van der Waals surface area contributed by atoms with E-state index in [-0.39, 0.29) is 6.03 Å². The number of urea groups is 1. The van der Waals surface area contributed by atoms with E-state index in [2.05, 4.69) is 65.4 Å². The first-order chi connectivity index (χ1) is 9.23. The smallest absolute Gasteiger partial charge is 0.298 e. The van der Waals surface area contributed by atoms with Crippen molar-refractivity contribution in [2.24, 2.45) is 0 Å². The molecule has 0 aromatic rings. The molecule has 0 unspecified atom stereocenters. The van der Waals surface area contributed by atoms with Crippen LogP contribution in [0.5, 0.6) is 0 Å². The number of amides is 2. The summed E-state index contributed by atoms with van der Waals surface area (Å²) in [4.78, 5) is 19.4. The molecule has 2 N–H and O–H groups in total. The average Bonchev–Trinajstić information content (AvgIpc) is 2.41. The molecule has 5 heteroatoms. The molecule has 0 radical (unpaired) electrons. The second-order valence-electron chi connectivity index (χ2n) is 6.62. The van der Waals surface area contributed by atoms with Gasteiger partial charge in [-0.1, -0.05) is 55.4 Å². The van der Waals surface area contributed by atoms with Crippen molar-refractivity contribution in [1.29, 1.82) is 0 Å². The number of carbonyl (C=O) groups excluding carboxylic acids is 1. The molecule has 0 saturated carbocycles. The minimum absolute atomic E-state index is 0.109. The molecular formula is C15H36N2OSi2. The van der Waals surface area contributed by atoms with Crippen molar-refractivity contribution in [2.75, 3.05) is 0 Å². The largest absolute Gasteiger partial charge is 0.365 e. The van der Waals surface area contributed by atoms with Crippen LogP contribution in [0.2, 0.25) is 35.3 Å². The summed E-state index contributed by atoms with van der Waals surface area (Å²) in [5.41, 5.74) is 1.17. The first kappa shape index (κ1) is 19.7. The molecule has 0 bridgehead atoms. The Hall–Kier alpha value is -0.296. The maximum absolute atomic E-state index is 12.6. The van der Waals surface area contributed by atoms with Crippen molar-refractivity contribution in [3.8, 4) is 0 Å². The van der Waals surface area contributed by atoms with Crippen LogP contribution in [0.15, 0.2) is 0 Å². The standard InChI is InChI=1S/C15H36N2OSi2/c1-9-19(10-2,13(5)6)16-15(18)17-20(11-3,12-4)14(7)8/h13-14H,9-12H2,1-8H3,(H2,16,17,18). The Morgan fingerprint density at radius 2 is 1.00 bits per heavy atom. The highest BCUT2D eigenvalue weighted by molar-refractivity contribution is 6.83. The molecule has 0 fully saturated rings. The Bertz CT molecular complexity index is 270. The van der Waals surface area contributed by atoms with Crippen LogP contribution in [0.1, 0.15) is 55.4 Å². The van der Waals surface area contributed by atoms with E-state index >= 15 is 0 Å². The molecule has 120 valence electrons. The molecule has 0 aromatic heterocycles. The van der Waals surface area contributed by atoms with Crippen molar-refractivity contribution in [1.82, 2.24) is 9.96 Å². The second-order valence-corrected chi connectivity index (χ2v) is 16.9. The highest BCUT2D eigenvalue weighted by Crippen LogP contribution is 2.28. The first-order valence-corrected chi connectivity index (χ1v) is 13.3. The summed E-state index contributed by atoms with van der Waals surface area (Å²) >= 11 is 0. The zero-order valence-electron chi connectivity index (χ0n) is 14.9. The van der Waals surface area contributed by atoms with Gasteiger partial charge in [-0.05, 0) is 35.3 Å². The topological polar surface area (TPSA) is 41.1 Å². The maximum atomic E-state index is 12.6. The van der Waals surface area contributed by atoms with Gasteiger partial charge in [0.2, 0.25) is 0 Å². The SMILES string of the molecule is CC[Si](CC)(NC(=O)N[Si](CC)(CC)C(C)C)C(C)C. The Morgan fingerprint density at radius 1 is 0.750 bits per heavy atom. The zero-order valence-corrected chi connectivity index (χ0v) is 16.9. The third-order valence-corrected chi connectivity index (χ3v) is 16.4. The Morgan fingerprint density at radius 3 is 1.15 bits per heavy atom. The van der Waals surface area contributed by atoms with Crippen molar-refractivity contribution >= 4 is 22.5 Å². The van der Waals surface area contributed by atoms with E-state index < -0.39 is 16.5 Å². The summed E-state index contributed by atoms with van der Waals surface area (Å²) in [6.07, 6.45) is 0. The minimum Gasteiger partial charge on any atom is -0.365 e. The number of hydrogen-bond donors (Lipinski definition) is 2. The molecule has 0 spiro atoms. The Balaban J connectivity index is 5.00. The highest BCUT2D eigenvalue weighted by atomic mass is 28.3. The average molecular weight is 317 g/mol. The highest BCUT2D eigenvalue weighted by Gasteiger charge is 2.39. The summed E-state index contributed by atoms with van der Waals surface area (Å²) in [5, 5.41) is 0.